The molecule has 1 amide bonds. The summed E-state index contributed by atoms with van der Waals surface area (Å²) in [5.74, 6) is 0.284. The molecule has 0 saturated heterocycles. The highest BCUT2D eigenvalue weighted by Crippen LogP contribution is 2.49. The maximum atomic E-state index is 13.0. The first-order valence-electron chi connectivity index (χ1n) is 14.4. The first-order valence-corrected chi connectivity index (χ1v) is 14.4. The number of hydrogen-bond donors (Lipinski definition) is 1. The molecule has 43 heavy (non-hydrogen) atoms. The Morgan fingerprint density at radius 1 is 0.814 bits per heavy atom. The predicted octanol–water partition coefficient (Wildman–Crippen LogP) is 8.58. The van der Waals surface area contributed by atoms with E-state index in [2.05, 4.69) is 10.5 Å². The molecule has 0 radical (unpaired) electrons. The fraction of sp³-hybridized carbons (Fsp3) is 0.194. The zero-order valence-electron chi connectivity index (χ0n) is 24.1. The molecule has 216 valence electrons. The summed E-state index contributed by atoms with van der Waals surface area (Å²) in [7, 11) is 0. The number of hydrogen-bond acceptors (Lipinski definition) is 6. The fourth-order valence-electron chi connectivity index (χ4n) is 5.28. The highest BCUT2D eigenvalue weighted by molar-refractivity contribution is 5.96. The minimum Gasteiger partial charge on any atom is -0.465 e. The predicted molar refractivity (Wildman–Crippen MR) is 165 cm³/mol. The Morgan fingerprint density at radius 3 is 2.00 bits per heavy atom. The van der Waals surface area contributed by atoms with Crippen LogP contribution in [0.4, 0.5) is 10.5 Å². The zero-order chi connectivity index (χ0) is 29.8. The average molecular weight is 573 g/mol. The van der Waals surface area contributed by atoms with E-state index in [0.717, 1.165) is 46.2 Å². The standard InChI is InChI=1S/C36H32N2O5/c1-3-41-34(39)36(22-23-36)30-20-18-27(19-21-30)26-14-16-29(17-15-26)33-32(31(38-43-33)28-12-8-5-9-13-28)37-35(40)42-24(2)25-10-6-4-7-11-25/h4-21,24H,3,22-23H2,1-2H3,(H,37,40)/t24-/m1/s1. The molecule has 0 unspecified atom stereocenters. The van der Waals surface area contributed by atoms with Crippen LogP contribution >= 0.6 is 0 Å². The first kappa shape index (κ1) is 28.0. The van der Waals surface area contributed by atoms with E-state index in [1.165, 1.54) is 0 Å². The van der Waals surface area contributed by atoms with Crippen LogP contribution in [0.1, 0.15) is 43.9 Å². The Bertz CT molecular complexity index is 1710. The van der Waals surface area contributed by atoms with Gasteiger partial charge in [-0.3, -0.25) is 10.1 Å². The second kappa shape index (κ2) is 12.0. The van der Waals surface area contributed by atoms with Crippen LogP contribution in [0.5, 0.6) is 0 Å². The minimum absolute atomic E-state index is 0.142. The molecule has 1 heterocycles. The summed E-state index contributed by atoms with van der Waals surface area (Å²) in [5.41, 5.74) is 5.91. The Balaban J connectivity index is 1.25. The molecule has 1 aliphatic carbocycles. The molecule has 7 nitrogen and oxygen atoms in total. The molecule has 1 atom stereocenters. The third-order valence-electron chi connectivity index (χ3n) is 7.85. The first-order chi connectivity index (χ1) is 21.0. The number of nitrogens with one attached hydrogen (secondary N) is 1. The lowest BCUT2D eigenvalue weighted by Crippen LogP contribution is -2.23. The lowest BCUT2D eigenvalue weighted by Gasteiger charge is -2.15. The van der Waals surface area contributed by atoms with Gasteiger partial charge in [-0.05, 0) is 48.9 Å². The van der Waals surface area contributed by atoms with Crippen molar-refractivity contribution in [1.82, 2.24) is 5.16 Å². The van der Waals surface area contributed by atoms with Crippen LogP contribution in [-0.4, -0.2) is 23.8 Å². The van der Waals surface area contributed by atoms with Crippen molar-refractivity contribution < 1.29 is 23.6 Å². The van der Waals surface area contributed by atoms with Crippen molar-refractivity contribution in [3.63, 3.8) is 0 Å². The van der Waals surface area contributed by atoms with Crippen molar-refractivity contribution in [2.45, 2.75) is 38.2 Å². The van der Waals surface area contributed by atoms with Gasteiger partial charge >= 0.3 is 12.1 Å². The molecule has 1 fully saturated rings. The summed E-state index contributed by atoms with van der Waals surface area (Å²) in [5, 5.41) is 7.21. The van der Waals surface area contributed by atoms with E-state index in [4.69, 9.17) is 14.0 Å². The van der Waals surface area contributed by atoms with Gasteiger partial charge in [0.25, 0.3) is 0 Å². The summed E-state index contributed by atoms with van der Waals surface area (Å²) in [6.07, 6.45) is 0.585. The van der Waals surface area contributed by atoms with Crippen LogP contribution in [-0.2, 0) is 19.7 Å². The van der Waals surface area contributed by atoms with E-state index in [9.17, 15) is 9.59 Å². The van der Waals surface area contributed by atoms with Gasteiger partial charge in [0.15, 0.2) is 5.76 Å². The third-order valence-corrected chi connectivity index (χ3v) is 7.85. The minimum atomic E-state index is -0.606. The maximum Gasteiger partial charge on any atom is 0.412 e. The molecule has 5 aromatic rings. The molecule has 4 aromatic carbocycles. The van der Waals surface area contributed by atoms with E-state index in [-0.39, 0.29) is 5.97 Å². The van der Waals surface area contributed by atoms with Crippen LogP contribution in [0.15, 0.2) is 114 Å². The monoisotopic (exact) mass is 572 g/mol. The Hall–Kier alpha value is -5.17. The highest BCUT2D eigenvalue weighted by atomic mass is 16.6. The van der Waals surface area contributed by atoms with Crippen molar-refractivity contribution >= 4 is 17.7 Å². The molecule has 0 aliphatic heterocycles. The van der Waals surface area contributed by atoms with E-state index < -0.39 is 17.6 Å². The molecule has 0 spiro atoms. The molecular formula is C36H32N2O5. The van der Waals surface area contributed by atoms with Crippen molar-refractivity contribution in [2.75, 3.05) is 11.9 Å². The number of carbonyl (C=O) groups is 2. The van der Waals surface area contributed by atoms with E-state index in [1.807, 2.05) is 123 Å². The van der Waals surface area contributed by atoms with Gasteiger partial charge in [-0.1, -0.05) is 114 Å². The van der Waals surface area contributed by atoms with Gasteiger partial charge in [0.1, 0.15) is 17.5 Å². The zero-order valence-corrected chi connectivity index (χ0v) is 24.1. The SMILES string of the molecule is CCOC(=O)C1(c2ccc(-c3ccc(-c4onc(-c5ccccc5)c4NC(=O)O[C@H](C)c4ccccc4)cc3)cc2)CC1. The molecule has 1 aliphatic rings. The van der Waals surface area contributed by atoms with Gasteiger partial charge in [-0.15, -0.1) is 0 Å². The Kier molecular flexibility index (Phi) is 7.79. The topological polar surface area (TPSA) is 90.7 Å². The summed E-state index contributed by atoms with van der Waals surface area (Å²) in [4.78, 5) is 25.5. The number of esters is 1. The smallest absolute Gasteiger partial charge is 0.412 e. The largest absolute Gasteiger partial charge is 0.465 e. The van der Waals surface area contributed by atoms with Crippen LogP contribution in [0.25, 0.3) is 33.7 Å². The van der Waals surface area contributed by atoms with Crippen molar-refractivity contribution in [3.05, 3.63) is 120 Å². The molecule has 1 aromatic heterocycles. The number of aromatic nitrogens is 1. The van der Waals surface area contributed by atoms with Crippen molar-refractivity contribution in [2.24, 2.45) is 0 Å². The molecule has 0 bridgehead atoms. The number of rotatable bonds is 9. The van der Waals surface area contributed by atoms with Gasteiger partial charge in [0, 0.05) is 11.1 Å². The highest BCUT2D eigenvalue weighted by Gasteiger charge is 2.52. The number of ether oxygens (including phenoxy) is 2. The number of amides is 1. The lowest BCUT2D eigenvalue weighted by atomic mass is 9.93. The number of nitrogens with zero attached hydrogens (tertiary/aromatic N) is 1. The van der Waals surface area contributed by atoms with Gasteiger partial charge in [-0.2, -0.15) is 0 Å². The second-order valence-corrected chi connectivity index (χ2v) is 10.6. The van der Waals surface area contributed by atoms with Crippen LogP contribution in [0.3, 0.4) is 0 Å². The van der Waals surface area contributed by atoms with Gasteiger partial charge < -0.3 is 14.0 Å². The molecule has 6 rings (SSSR count). The van der Waals surface area contributed by atoms with Crippen LogP contribution in [0, 0.1) is 0 Å². The Morgan fingerprint density at radius 2 is 1.40 bits per heavy atom. The second-order valence-electron chi connectivity index (χ2n) is 10.6. The van der Waals surface area contributed by atoms with E-state index >= 15 is 0 Å². The molecule has 7 heteroatoms. The number of benzene rings is 4. The van der Waals surface area contributed by atoms with E-state index in [1.54, 1.807) is 0 Å². The summed E-state index contributed by atoms with van der Waals surface area (Å²) in [6, 6.07) is 35.0. The van der Waals surface area contributed by atoms with Crippen molar-refractivity contribution in [1.29, 1.82) is 0 Å². The summed E-state index contributed by atoms with van der Waals surface area (Å²) >= 11 is 0. The third kappa shape index (κ3) is 5.79. The summed E-state index contributed by atoms with van der Waals surface area (Å²) in [6.45, 7) is 4.04. The summed E-state index contributed by atoms with van der Waals surface area (Å²) < 4.78 is 16.8. The fourth-order valence-corrected chi connectivity index (χ4v) is 5.28. The molecular weight excluding hydrogens is 540 g/mol. The maximum absolute atomic E-state index is 13.0. The quantitative estimate of drug-likeness (QED) is 0.178. The van der Waals surface area contributed by atoms with E-state index in [0.29, 0.717) is 23.7 Å². The van der Waals surface area contributed by atoms with Gasteiger partial charge in [0.2, 0.25) is 0 Å². The molecule has 1 saturated carbocycles. The van der Waals surface area contributed by atoms with Gasteiger partial charge in [0.05, 0.1) is 12.0 Å². The Labute approximate surface area is 250 Å². The lowest BCUT2D eigenvalue weighted by molar-refractivity contribution is -0.146. The number of carbonyl (C=O) groups excluding carboxylic acids is 2. The normalized spacial score (nSPS) is 14.0. The average Bonchev–Trinajstić information content (AvgIpc) is 3.77. The van der Waals surface area contributed by atoms with Gasteiger partial charge in [-0.25, -0.2) is 4.79 Å². The van der Waals surface area contributed by atoms with Crippen LogP contribution < -0.4 is 5.32 Å². The van der Waals surface area contributed by atoms with Crippen molar-refractivity contribution in [3.8, 4) is 33.7 Å². The van der Waals surface area contributed by atoms with Crippen LogP contribution in [0.2, 0.25) is 0 Å². The molecule has 1 N–H and O–H groups in total. The number of anilines is 1.